The molecule has 0 saturated carbocycles. The van der Waals surface area contributed by atoms with Crippen molar-refractivity contribution in [2.24, 2.45) is 5.41 Å². The molecule has 0 amide bonds. The topological polar surface area (TPSA) is 20.2 Å². The zero-order valence-corrected chi connectivity index (χ0v) is 6.23. The molecule has 0 bridgehead atoms. The van der Waals surface area contributed by atoms with Gasteiger partial charge >= 0.3 is 0 Å². The van der Waals surface area contributed by atoms with Gasteiger partial charge in [-0.1, -0.05) is 27.7 Å². The van der Waals surface area contributed by atoms with E-state index in [9.17, 15) is 5.11 Å². The largest absolute Gasteiger partial charge is 0.393 e. The standard InChI is InChI=1S/C7H16O/c1-5-6(8)7(2,3)4/h6,8H,5H2,1-4H3. The number of hydrogen-bond acceptors (Lipinski definition) is 1. The Hall–Kier alpha value is -0.0400. The number of hydrogen-bond donors (Lipinski definition) is 1. The minimum Gasteiger partial charge on any atom is -0.393 e. The van der Waals surface area contributed by atoms with Crippen molar-refractivity contribution in [2.75, 3.05) is 0 Å². The van der Waals surface area contributed by atoms with Crippen LogP contribution in [0.4, 0.5) is 0 Å². The summed E-state index contributed by atoms with van der Waals surface area (Å²) in [5.41, 5.74) is 0.0642. The summed E-state index contributed by atoms with van der Waals surface area (Å²) in [5, 5.41) is 9.19. The van der Waals surface area contributed by atoms with Crippen molar-refractivity contribution < 1.29 is 5.11 Å². The molecule has 0 aromatic heterocycles. The van der Waals surface area contributed by atoms with E-state index in [2.05, 4.69) is 0 Å². The molecule has 0 aromatic rings. The third-order valence-corrected chi connectivity index (χ3v) is 1.39. The maximum absolute atomic E-state index is 9.19. The van der Waals surface area contributed by atoms with Gasteiger partial charge in [-0.05, 0) is 11.8 Å². The lowest BCUT2D eigenvalue weighted by atomic mass is 9.88. The van der Waals surface area contributed by atoms with Crippen molar-refractivity contribution in [3.63, 3.8) is 0 Å². The normalized spacial score (nSPS) is 16.1. The molecule has 0 heterocycles. The predicted molar refractivity (Wildman–Crippen MR) is 35.8 cm³/mol. The molecule has 0 fully saturated rings. The quantitative estimate of drug-likeness (QED) is 0.554. The number of aliphatic hydroxyl groups is 1. The van der Waals surface area contributed by atoms with Gasteiger partial charge in [0, 0.05) is 0 Å². The summed E-state index contributed by atoms with van der Waals surface area (Å²) in [6.07, 6.45) is 0.700. The van der Waals surface area contributed by atoms with Gasteiger partial charge in [0.25, 0.3) is 0 Å². The molecule has 50 valence electrons. The van der Waals surface area contributed by atoms with E-state index in [4.69, 9.17) is 0 Å². The van der Waals surface area contributed by atoms with Gasteiger partial charge in [0.05, 0.1) is 6.10 Å². The van der Waals surface area contributed by atoms with E-state index >= 15 is 0 Å². The van der Waals surface area contributed by atoms with Gasteiger partial charge in [-0.25, -0.2) is 0 Å². The van der Waals surface area contributed by atoms with Crippen LogP contribution in [0.1, 0.15) is 34.1 Å². The van der Waals surface area contributed by atoms with Gasteiger partial charge in [-0.3, -0.25) is 0 Å². The maximum atomic E-state index is 9.19. The van der Waals surface area contributed by atoms with E-state index in [1.54, 1.807) is 0 Å². The van der Waals surface area contributed by atoms with Crippen LogP contribution in [0.15, 0.2) is 0 Å². The van der Waals surface area contributed by atoms with Gasteiger partial charge in [0.2, 0.25) is 0 Å². The molecule has 0 aliphatic carbocycles. The van der Waals surface area contributed by atoms with Crippen molar-refractivity contribution >= 4 is 0 Å². The summed E-state index contributed by atoms with van der Waals surface area (Å²) >= 11 is 0. The van der Waals surface area contributed by atoms with Gasteiger partial charge in [0.1, 0.15) is 0 Å². The van der Waals surface area contributed by atoms with Crippen molar-refractivity contribution in [2.45, 2.75) is 40.2 Å². The molecule has 8 heavy (non-hydrogen) atoms. The fourth-order valence-electron chi connectivity index (χ4n) is 0.612. The Kier molecular flexibility index (Phi) is 2.48. The first-order valence-electron chi connectivity index (χ1n) is 3.16. The summed E-state index contributed by atoms with van der Waals surface area (Å²) in [5.74, 6) is 0. The molecule has 1 heteroatoms. The highest BCUT2D eigenvalue weighted by Crippen LogP contribution is 2.20. The molecule has 0 rings (SSSR count). The van der Waals surface area contributed by atoms with Crippen LogP contribution in [0.3, 0.4) is 0 Å². The van der Waals surface area contributed by atoms with Crippen LogP contribution >= 0.6 is 0 Å². The fraction of sp³-hybridized carbons (Fsp3) is 1.00. The molecular weight excluding hydrogens is 100 g/mol. The molecule has 0 saturated heterocycles. The minimum atomic E-state index is -0.150. The third-order valence-electron chi connectivity index (χ3n) is 1.39. The van der Waals surface area contributed by atoms with Crippen molar-refractivity contribution in [3.8, 4) is 0 Å². The average Bonchev–Trinajstić information content (AvgIpc) is 1.62. The zero-order chi connectivity index (χ0) is 6.78. The Morgan fingerprint density at radius 3 is 1.75 bits per heavy atom. The van der Waals surface area contributed by atoms with Crippen LogP contribution in [0.25, 0.3) is 0 Å². The molecule has 0 aliphatic heterocycles. The predicted octanol–water partition coefficient (Wildman–Crippen LogP) is 1.80. The van der Waals surface area contributed by atoms with E-state index in [0.29, 0.717) is 0 Å². The molecule has 0 radical (unpaired) electrons. The second kappa shape index (κ2) is 2.49. The molecule has 0 aromatic carbocycles. The lowest BCUT2D eigenvalue weighted by Crippen LogP contribution is -2.24. The van der Waals surface area contributed by atoms with Crippen molar-refractivity contribution in [1.82, 2.24) is 0 Å². The Morgan fingerprint density at radius 2 is 1.75 bits per heavy atom. The van der Waals surface area contributed by atoms with E-state index in [1.807, 2.05) is 27.7 Å². The van der Waals surface area contributed by atoms with Crippen LogP contribution in [-0.4, -0.2) is 11.2 Å². The lowest BCUT2D eigenvalue weighted by molar-refractivity contribution is 0.0600. The molecule has 1 unspecified atom stereocenters. The van der Waals surface area contributed by atoms with E-state index in [1.165, 1.54) is 0 Å². The first-order chi connectivity index (χ1) is 3.48. The Labute approximate surface area is 51.7 Å². The SMILES string of the molecule is CCC(O)C(C)(C)C. The van der Waals surface area contributed by atoms with E-state index in [0.717, 1.165) is 6.42 Å². The fourth-order valence-corrected chi connectivity index (χ4v) is 0.612. The van der Waals surface area contributed by atoms with Gasteiger partial charge in [-0.15, -0.1) is 0 Å². The Bertz CT molecular complexity index is 61.3. The van der Waals surface area contributed by atoms with Crippen LogP contribution in [0.5, 0.6) is 0 Å². The molecular formula is C7H16O. The van der Waals surface area contributed by atoms with Gasteiger partial charge < -0.3 is 5.11 Å². The van der Waals surface area contributed by atoms with Gasteiger partial charge in [-0.2, -0.15) is 0 Å². The highest BCUT2D eigenvalue weighted by molar-refractivity contribution is 4.70. The molecule has 1 nitrogen and oxygen atoms in total. The minimum absolute atomic E-state index is 0.0642. The smallest absolute Gasteiger partial charge is 0.0585 e. The second-order valence-corrected chi connectivity index (χ2v) is 3.29. The van der Waals surface area contributed by atoms with Crippen LogP contribution < -0.4 is 0 Å². The van der Waals surface area contributed by atoms with E-state index < -0.39 is 0 Å². The zero-order valence-electron chi connectivity index (χ0n) is 6.23. The number of rotatable bonds is 1. The first-order valence-corrected chi connectivity index (χ1v) is 3.16. The second-order valence-electron chi connectivity index (χ2n) is 3.29. The molecule has 0 spiro atoms. The Morgan fingerprint density at radius 1 is 1.38 bits per heavy atom. The highest BCUT2D eigenvalue weighted by atomic mass is 16.3. The molecule has 0 aliphatic rings. The lowest BCUT2D eigenvalue weighted by Gasteiger charge is -2.24. The maximum Gasteiger partial charge on any atom is 0.0585 e. The highest BCUT2D eigenvalue weighted by Gasteiger charge is 2.19. The van der Waals surface area contributed by atoms with Crippen LogP contribution in [0, 0.1) is 5.41 Å². The molecule has 1 atom stereocenters. The summed E-state index contributed by atoms with van der Waals surface area (Å²) in [4.78, 5) is 0. The van der Waals surface area contributed by atoms with E-state index in [-0.39, 0.29) is 11.5 Å². The number of aliphatic hydroxyl groups excluding tert-OH is 1. The summed E-state index contributed by atoms with van der Waals surface area (Å²) in [7, 11) is 0. The third kappa shape index (κ3) is 2.31. The summed E-state index contributed by atoms with van der Waals surface area (Å²) in [6, 6.07) is 0. The van der Waals surface area contributed by atoms with Crippen LogP contribution in [0.2, 0.25) is 0 Å². The van der Waals surface area contributed by atoms with Gasteiger partial charge in [0.15, 0.2) is 0 Å². The summed E-state index contributed by atoms with van der Waals surface area (Å²) in [6.45, 7) is 8.12. The Balaban J connectivity index is 3.62. The first kappa shape index (κ1) is 7.96. The average molecular weight is 116 g/mol. The monoisotopic (exact) mass is 116 g/mol. The summed E-state index contributed by atoms with van der Waals surface area (Å²) < 4.78 is 0. The van der Waals surface area contributed by atoms with Crippen molar-refractivity contribution in [3.05, 3.63) is 0 Å². The van der Waals surface area contributed by atoms with Crippen LogP contribution in [-0.2, 0) is 0 Å². The van der Waals surface area contributed by atoms with Crippen molar-refractivity contribution in [1.29, 1.82) is 0 Å². The molecule has 1 N–H and O–H groups in total.